The van der Waals surface area contributed by atoms with Gasteiger partial charge in [-0.05, 0) is 38.0 Å². The minimum atomic E-state index is -0.320. The highest BCUT2D eigenvalue weighted by Crippen LogP contribution is 2.28. The van der Waals surface area contributed by atoms with E-state index in [0.29, 0.717) is 37.7 Å². The molecule has 0 atom stereocenters. The Morgan fingerprint density at radius 1 is 1.04 bits per heavy atom. The maximum Gasteiger partial charge on any atom is 0.314 e. The molecule has 7 nitrogen and oxygen atoms in total. The first-order chi connectivity index (χ1) is 11.6. The number of nitrogens with one attached hydrogen (secondary N) is 2. The van der Waals surface area contributed by atoms with E-state index >= 15 is 0 Å². The van der Waals surface area contributed by atoms with E-state index in [1.54, 1.807) is 14.0 Å². The third-order valence-corrected chi connectivity index (χ3v) is 3.15. The molecule has 0 heterocycles. The molecule has 7 heteroatoms. The van der Waals surface area contributed by atoms with Crippen molar-refractivity contribution in [1.29, 1.82) is 0 Å². The Bertz CT molecular complexity index is 534. The van der Waals surface area contributed by atoms with Gasteiger partial charge in [-0.3, -0.25) is 4.79 Å². The molecule has 1 rings (SSSR count). The first-order valence-corrected chi connectivity index (χ1v) is 8.07. The summed E-state index contributed by atoms with van der Waals surface area (Å²) < 4.78 is 15.5. The lowest BCUT2D eigenvalue weighted by atomic mass is 10.1. The first-order valence-electron chi connectivity index (χ1n) is 8.07. The van der Waals surface area contributed by atoms with Gasteiger partial charge >= 0.3 is 12.0 Å². The largest absolute Gasteiger partial charge is 0.493 e. The van der Waals surface area contributed by atoms with Crippen LogP contribution in [0.3, 0.4) is 0 Å². The molecule has 0 saturated carbocycles. The Kier molecular flexibility index (Phi) is 9.11. The summed E-state index contributed by atoms with van der Waals surface area (Å²) in [4.78, 5) is 22.8. The zero-order chi connectivity index (χ0) is 17.8. The molecule has 0 saturated heterocycles. The van der Waals surface area contributed by atoms with E-state index in [0.717, 1.165) is 5.56 Å². The summed E-state index contributed by atoms with van der Waals surface area (Å²) in [5.41, 5.74) is 1.03. The smallest absolute Gasteiger partial charge is 0.314 e. The van der Waals surface area contributed by atoms with E-state index in [4.69, 9.17) is 14.2 Å². The van der Waals surface area contributed by atoms with Crippen molar-refractivity contribution in [3.63, 3.8) is 0 Å². The van der Waals surface area contributed by atoms with Crippen LogP contribution in [-0.4, -0.2) is 45.4 Å². The van der Waals surface area contributed by atoms with Gasteiger partial charge in [0.2, 0.25) is 0 Å². The minimum absolute atomic E-state index is 0.164. The number of urea groups is 1. The SMILES string of the molecule is CCOC(=O)CCNC(=O)NCCc1ccc(OCC)c(OC)c1. The summed E-state index contributed by atoms with van der Waals surface area (Å²) >= 11 is 0. The third-order valence-electron chi connectivity index (χ3n) is 3.15. The van der Waals surface area contributed by atoms with E-state index in [1.165, 1.54) is 0 Å². The van der Waals surface area contributed by atoms with E-state index in [2.05, 4.69) is 10.6 Å². The van der Waals surface area contributed by atoms with Gasteiger partial charge in [0.25, 0.3) is 0 Å². The first kappa shape index (κ1) is 19.6. The monoisotopic (exact) mass is 338 g/mol. The maximum atomic E-state index is 11.6. The lowest BCUT2D eigenvalue weighted by Crippen LogP contribution is -2.37. The van der Waals surface area contributed by atoms with Crippen LogP contribution in [0.5, 0.6) is 11.5 Å². The van der Waals surface area contributed by atoms with Gasteiger partial charge in [0, 0.05) is 13.1 Å². The number of hydrogen-bond acceptors (Lipinski definition) is 5. The molecule has 24 heavy (non-hydrogen) atoms. The molecule has 1 aromatic carbocycles. The highest BCUT2D eigenvalue weighted by atomic mass is 16.5. The molecule has 0 fully saturated rings. The third kappa shape index (κ3) is 7.21. The number of methoxy groups -OCH3 is 1. The van der Waals surface area contributed by atoms with Crippen LogP contribution < -0.4 is 20.1 Å². The summed E-state index contributed by atoms with van der Waals surface area (Å²) in [7, 11) is 1.59. The van der Waals surface area contributed by atoms with Crippen molar-refractivity contribution in [3.8, 4) is 11.5 Å². The number of rotatable bonds is 10. The Balaban J connectivity index is 2.31. The van der Waals surface area contributed by atoms with Gasteiger partial charge in [-0.25, -0.2) is 4.79 Å². The van der Waals surface area contributed by atoms with Gasteiger partial charge < -0.3 is 24.8 Å². The van der Waals surface area contributed by atoms with E-state index in [-0.39, 0.29) is 25.0 Å². The number of carbonyl (C=O) groups is 2. The summed E-state index contributed by atoms with van der Waals surface area (Å²) in [6.07, 6.45) is 0.825. The Morgan fingerprint density at radius 3 is 2.46 bits per heavy atom. The topological polar surface area (TPSA) is 85.9 Å². The quantitative estimate of drug-likeness (QED) is 0.636. The molecule has 1 aromatic rings. The second-order valence-electron chi connectivity index (χ2n) is 4.91. The normalized spacial score (nSPS) is 9.96. The van der Waals surface area contributed by atoms with Gasteiger partial charge in [0.15, 0.2) is 11.5 Å². The molecule has 0 aromatic heterocycles. The summed E-state index contributed by atoms with van der Waals surface area (Å²) in [5.74, 6) is 1.06. The van der Waals surface area contributed by atoms with Crippen LogP contribution in [0.25, 0.3) is 0 Å². The van der Waals surface area contributed by atoms with Crippen LogP contribution in [0.15, 0.2) is 18.2 Å². The molecule has 134 valence electrons. The lowest BCUT2D eigenvalue weighted by molar-refractivity contribution is -0.142. The van der Waals surface area contributed by atoms with Gasteiger partial charge in [-0.1, -0.05) is 6.07 Å². The van der Waals surface area contributed by atoms with Crippen molar-refractivity contribution in [3.05, 3.63) is 23.8 Å². The van der Waals surface area contributed by atoms with Crippen LogP contribution in [-0.2, 0) is 16.0 Å². The second kappa shape index (κ2) is 11.2. The zero-order valence-corrected chi connectivity index (χ0v) is 14.5. The number of ether oxygens (including phenoxy) is 3. The molecule has 2 N–H and O–H groups in total. The number of amides is 2. The van der Waals surface area contributed by atoms with Crippen LogP contribution in [0.4, 0.5) is 4.79 Å². The fourth-order valence-corrected chi connectivity index (χ4v) is 2.04. The number of esters is 1. The predicted molar refractivity (Wildman–Crippen MR) is 90.5 cm³/mol. The van der Waals surface area contributed by atoms with E-state index in [9.17, 15) is 9.59 Å². The zero-order valence-electron chi connectivity index (χ0n) is 14.5. The molecule has 0 unspecified atom stereocenters. The van der Waals surface area contributed by atoms with Crippen LogP contribution in [0.2, 0.25) is 0 Å². The van der Waals surface area contributed by atoms with Crippen LogP contribution in [0.1, 0.15) is 25.8 Å². The molecule has 0 aliphatic heterocycles. The molecule has 0 radical (unpaired) electrons. The van der Waals surface area contributed by atoms with E-state index in [1.807, 2.05) is 25.1 Å². The second-order valence-corrected chi connectivity index (χ2v) is 4.91. The Labute approximate surface area is 142 Å². The van der Waals surface area contributed by atoms with E-state index < -0.39 is 0 Å². The fraction of sp³-hybridized carbons (Fsp3) is 0.529. The molecule has 0 aliphatic rings. The number of hydrogen-bond donors (Lipinski definition) is 2. The molecule has 0 bridgehead atoms. The van der Waals surface area contributed by atoms with Crippen molar-refractivity contribution in [2.24, 2.45) is 0 Å². The standard InChI is InChI=1S/C17H26N2O5/c1-4-23-14-7-6-13(12-15(14)22-3)8-10-18-17(21)19-11-9-16(20)24-5-2/h6-7,12H,4-5,8-11H2,1-3H3,(H2,18,19,21). The summed E-state index contributed by atoms with van der Waals surface area (Å²) in [5, 5.41) is 5.35. The maximum absolute atomic E-state index is 11.6. The predicted octanol–water partition coefficient (Wildman–Crippen LogP) is 1.89. The number of carbonyl (C=O) groups excluding carboxylic acids is 2. The van der Waals surface area contributed by atoms with Crippen molar-refractivity contribution in [2.45, 2.75) is 26.7 Å². The molecule has 0 spiro atoms. The van der Waals surface area contributed by atoms with Crippen molar-refractivity contribution in [1.82, 2.24) is 10.6 Å². The summed E-state index contributed by atoms with van der Waals surface area (Å²) in [6.45, 7) is 5.30. The highest BCUT2D eigenvalue weighted by Gasteiger charge is 2.07. The average Bonchev–Trinajstić information content (AvgIpc) is 2.56. The Morgan fingerprint density at radius 2 is 1.79 bits per heavy atom. The molecular formula is C17H26N2O5. The molecule has 0 aliphatic carbocycles. The van der Waals surface area contributed by atoms with Gasteiger partial charge in [0.05, 0.1) is 26.7 Å². The van der Waals surface area contributed by atoms with Crippen LogP contribution >= 0.6 is 0 Å². The van der Waals surface area contributed by atoms with Crippen LogP contribution in [0, 0.1) is 0 Å². The molecular weight excluding hydrogens is 312 g/mol. The Hall–Kier alpha value is -2.44. The average molecular weight is 338 g/mol. The van der Waals surface area contributed by atoms with Gasteiger partial charge in [-0.15, -0.1) is 0 Å². The van der Waals surface area contributed by atoms with Crippen molar-refractivity contribution < 1.29 is 23.8 Å². The van der Waals surface area contributed by atoms with Gasteiger partial charge in [-0.2, -0.15) is 0 Å². The minimum Gasteiger partial charge on any atom is -0.493 e. The lowest BCUT2D eigenvalue weighted by Gasteiger charge is -2.11. The highest BCUT2D eigenvalue weighted by molar-refractivity contribution is 5.75. The molecule has 2 amide bonds. The van der Waals surface area contributed by atoms with Gasteiger partial charge in [0.1, 0.15) is 0 Å². The number of benzene rings is 1. The van der Waals surface area contributed by atoms with Crippen molar-refractivity contribution in [2.75, 3.05) is 33.4 Å². The summed E-state index contributed by atoms with van der Waals surface area (Å²) in [6, 6.07) is 5.38. The van der Waals surface area contributed by atoms with Crippen molar-refractivity contribution >= 4 is 12.0 Å². The fourth-order valence-electron chi connectivity index (χ4n) is 2.04.